The van der Waals surface area contributed by atoms with Crippen LogP contribution in [0.3, 0.4) is 0 Å². The summed E-state index contributed by atoms with van der Waals surface area (Å²) in [6, 6.07) is 14.8. The monoisotopic (exact) mass is 448 g/mol. The van der Waals surface area contributed by atoms with Gasteiger partial charge in [0.05, 0.1) is 18.0 Å². The fourth-order valence-corrected chi connectivity index (χ4v) is 3.52. The van der Waals surface area contributed by atoms with Crippen molar-refractivity contribution < 1.29 is 14.1 Å². The molecule has 1 amide bonds. The first-order chi connectivity index (χ1) is 15.8. The third-order valence-corrected chi connectivity index (χ3v) is 5.21. The number of nitrogens with zero attached hydrogens (tertiary/aromatic N) is 5. The molecule has 0 aliphatic rings. The summed E-state index contributed by atoms with van der Waals surface area (Å²) in [4.78, 5) is 23.3. The van der Waals surface area contributed by atoms with Crippen molar-refractivity contribution in [2.24, 2.45) is 0 Å². The molecule has 0 aliphatic heterocycles. The van der Waals surface area contributed by atoms with E-state index in [2.05, 4.69) is 15.5 Å². The Balaban J connectivity index is 1.39. The number of amides is 1. The highest BCUT2D eigenvalue weighted by molar-refractivity contribution is 6.03. The first-order valence-corrected chi connectivity index (χ1v) is 10.2. The Labute approximate surface area is 188 Å². The molecule has 1 N–H and O–H groups in total. The molecule has 0 fully saturated rings. The molecule has 2 aromatic carbocycles. The summed E-state index contributed by atoms with van der Waals surface area (Å²) in [5.74, 6) is -0.203. The van der Waals surface area contributed by atoms with Gasteiger partial charge in [0.2, 0.25) is 0 Å². The van der Waals surface area contributed by atoms with Crippen molar-refractivity contribution in [3.8, 4) is 0 Å². The molecule has 0 aliphatic carbocycles. The Bertz CT molecular complexity index is 1310. The van der Waals surface area contributed by atoms with Gasteiger partial charge in [-0.3, -0.25) is 24.3 Å². The van der Waals surface area contributed by atoms with Crippen molar-refractivity contribution in [3.05, 3.63) is 105 Å². The second kappa shape index (κ2) is 9.03. The van der Waals surface area contributed by atoms with Gasteiger partial charge in [0.1, 0.15) is 17.2 Å². The number of halogens is 1. The summed E-state index contributed by atoms with van der Waals surface area (Å²) in [6.07, 6.45) is 1.73. The third-order valence-electron chi connectivity index (χ3n) is 5.21. The molecule has 4 rings (SSSR count). The van der Waals surface area contributed by atoms with E-state index in [1.807, 2.05) is 0 Å². The largest absolute Gasteiger partial charge is 0.312 e. The van der Waals surface area contributed by atoms with Crippen LogP contribution in [-0.2, 0) is 13.1 Å². The van der Waals surface area contributed by atoms with E-state index < -0.39 is 4.92 Å². The molecule has 0 saturated carbocycles. The predicted octanol–water partition coefficient (Wildman–Crippen LogP) is 4.09. The van der Waals surface area contributed by atoms with Crippen LogP contribution in [0.4, 0.5) is 15.9 Å². The number of nitro groups is 1. The first-order valence-electron chi connectivity index (χ1n) is 10.2. The molecule has 10 heteroatoms. The number of rotatable bonds is 7. The molecule has 0 unspecified atom stereocenters. The normalized spacial score (nSPS) is 10.9. The summed E-state index contributed by atoms with van der Waals surface area (Å²) in [7, 11) is 0. The van der Waals surface area contributed by atoms with Crippen molar-refractivity contribution in [2.75, 3.05) is 5.32 Å². The molecular formula is C23H21FN6O3. The van der Waals surface area contributed by atoms with E-state index in [0.29, 0.717) is 35.9 Å². The van der Waals surface area contributed by atoms with Gasteiger partial charge < -0.3 is 5.32 Å². The molecule has 0 spiro atoms. The van der Waals surface area contributed by atoms with E-state index in [1.54, 1.807) is 71.9 Å². The first kappa shape index (κ1) is 21.9. The Morgan fingerprint density at radius 1 is 1.00 bits per heavy atom. The van der Waals surface area contributed by atoms with E-state index in [0.717, 1.165) is 11.1 Å². The lowest BCUT2D eigenvalue weighted by molar-refractivity contribution is -0.386. The Morgan fingerprint density at radius 3 is 2.27 bits per heavy atom. The molecule has 9 nitrogen and oxygen atoms in total. The van der Waals surface area contributed by atoms with Crippen molar-refractivity contribution in [3.63, 3.8) is 0 Å². The summed E-state index contributed by atoms with van der Waals surface area (Å²) in [5, 5.41) is 22.5. The lowest BCUT2D eigenvalue weighted by Crippen LogP contribution is -2.13. The molecule has 0 bridgehead atoms. The second-order valence-electron chi connectivity index (χ2n) is 7.61. The fourth-order valence-electron chi connectivity index (χ4n) is 3.52. The number of carbonyl (C=O) groups is 1. The number of hydrogen-bond acceptors (Lipinski definition) is 5. The molecule has 2 aromatic heterocycles. The van der Waals surface area contributed by atoms with Gasteiger partial charge >= 0.3 is 5.69 Å². The number of hydrogen-bond donors (Lipinski definition) is 1. The zero-order valence-corrected chi connectivity index (χ0v) is 18.0. The molecule has 4 aromatic rings. The zero-order chi connectivity index (χ0) is 23.5. The Hall–Kier alpha value is -4.34. The number of carbonyl (C=O) groups excluding carboxylic acids is 1. The number of benzene rings is 2. The minimum atomic E-state index is -0.428. The maximum Gasteiger partial charge on any atom is 0.312 e. The standard InChI is InChI=1S/C23H21FN6O3/c1-15-22(30(32)33)16(2)29(26-15)14-18-3-7-19(8-4-18)23(31)25-21-11-12-28(27-21)13-17-5-9-20(24)10-6-17/h3-12H,13-14H2,1-2H3,(H,25,27,31). The van der Waals surface area contributed by atoms with E-state index >= 15 is 0 Å². The van der Waals surface area contributed by atoms with Crippen LogP contribution in [0.1, 0.15) is 32.9 Å². The second-order valence-corrected chi connectivity index (χ2v) is 7.61. The molecular weight excluding hydrogens is 427 g/mol. The van der Waals surface area contributed by atoms with Crippen molar-refractivity contribution in [2.45, 2.75) is 26.9 Å². The topological polar surface area (TPSA) is 108 Å². The van der Waals surface area contributed by atoms with Crippen LogP contribution in [0, 0.1) is 29.8 Å². The number of nitrogens with one attached hydrogen (secondary N) is 1. The SMILES string of the molecule is Cc1nn(Cc2ccc(C(=O)Nc3ccn(Cc4ccc(F)cc4)n3)cc2)c(C)c1[N+](=O)[O-]. The predicted molar refractivity (Wildman–Crippen MR) is 120 cm³/mol. The minimum absolute atomic E-state index is 0.0184. The number of aromatic nitrogens is 4. The maximum absolute atomic E-state index is 13.0. The third kappa shape index (κ3) is 4.95. The highest BCUT2D eigenvalue weighted by Gasteiger charge is 2.21. The van der Waals surface area contributed by atoms with Crippen molar-refractivity contribution >= 4 is 17.4 Å². The van der Waals surface area contributed by atoms with Gasteiger partial charge in [0.25, 0.3) is 5.91 Å². The summed E-state index contributed by atoms with van der Waals surface area (Å²) < 4.78 is 16.3. The van der Waals surface area contributed by atoms with E-state index in [-0.39, 0.29) is 17.4 Å². The maximum atomic E-state index is 13.0. The van der Waals surface area contributed by atoms with Crippen LogP contribution >= 0.6 is 0 Å². The molecule has 33 heavy (non-hydrogen) atoms. The van der Waals surface area contributed by atoms with Gasteiger partial charge in [-0.05, 0) is 49.2 Å². The van der Waals surface area contributed by atoms with E-state index in [4.69, 9.17) is 0 Å². The van der Waals surface area contributed by atoms with Crippen molar-refractivity contribution in [1.82, 2.24) is 19.6 Å². The number of anilines is 1. The molecule has 0 atom stereocenters. The van der Waals surface area contributed by atoms with Crippen LogP contribution in [0.25, 0.3) is 0 Å². The van der Waals surface area contributed by atoms with Gasteiger partial charge in [-0.25, -0.2) is 4.39 Å². The van der Waals surface area contributed by atoms with Gasteiger partial charge in [-0.15, -0.1) is 0 Å². The lowest BCUT2D eigenvalue weighted by atomic mass is 10.1. The van der Waals surface area contributed by atoms with Crippen LogP contribution in [-0.4, -0.2) is 30.4 Å². The Kier molecular flexibility index (Phi) is 5.99. The smallest absolute Gasteiger partial charge is 0.305 e. The molecule has 2 heterocycles. The van der Waals surface area contributed by atoms with Gasteiger partial charge in [0, 0.05) is 17.8 Å². The summed E-state index contributed by atoms with van der Waals surface area (Å²) in [5.41, 5.74) is 3.07. The quantitative estimate of drug-likeness (QED) is 0.338. The van der Waals surface area contributed by atoms with Crippen LogP contribution < -0.4 is 5.32 Å². The van der Waals surface area contributed by atoms with Crippen LogP contribution in [0.15, 0.2) is 60.8 Å². The lowest BCUT2D eigenvalue weighted by Gasteiger charge is -2.06. The van der Waals surface area contributed by atoms with Crippen LogP contribution in [0.5, 0.6) is 0 Å². The highest BCUT2D eigenvalue weighted by atomic mass is 19.1. The van der Waals surface area contributed by atoms with E-state index in [1.165, 1.54) is 12.1 Å². The van der Waals surface area contributed by atoms with Crippen molar-refractivity contribution in [1.29, 1.82) is 0 Å². The molecule has 0 radical (unpaired) electrons. The average molecular weight is 448 g/mol. The van der Waals surface area contributed by atoms with Gasteiger partial charge in [-0.2, -0.15) is 10.2 Å². The molecule has 168 valence electrons. The minimum Gasteiger partial charge on any atom is -0.305 e. The van der Waals surface area contributed by atoms with Gasteiger partial charge in [-0.1, -0.05) is 24.3 Å². The summed E-state index contributed by atoms with van der Waals surface area (Å²) in [6.45, 7) is 4.08. The van der Waals surface area contributed by atoms with Gasteiger partial charge in [0.15, 0.2) is 5.82 Å². The Morgan fingerprint density at radius 2 is 1.64 bits per heavy atom. The summed E-state index contributed by atoms with van der Waals surface area (Å²) >= 11 is 0. The van der Waals surface area contributed by atoms with Crippen LogP contribution in [0.2, 0.25) is 0 Å². The fraction of sp³-hybridized carbons (Fsp3) is 0.174. The van der Waals surface area contributed by atoms with E-state index in [9.17, 15) is 19.3 Å². The molecule has 0 saturated heterocycles. The highest BCUT2D eigenvalue weighted by Crippen LogP contribution is 2.22. The zero-order valence-electron chi connectivity index (χ0n) is 18.0. The number of aryl methyl sites for hydroxylation is 1. The average Bonchev–Trinajstić information content (AvgIpc) is 3.33.